The summed E-state index contributed by atoms with van der Waals surface area (Å²) in [6, 6.07) is 13.3. The molecule has 1 aliphatic carbocycles. The van der Waals surface area contributed by atoms with Crippen molar-refractivity contribution in [3.05, 3.63) is 101 Å². The molecule has 1 fully saturated rings. The molecule has 1 aliphatic heterocycles. The molecule has 4 rings (SSSR count). The molecule has 1 aromatic heterocycles. The molecular weight excluding hydrogens is 476 g/mol. The van der Waals surface area contributed by atoms with E-state index in [-0.39, 0.29) is 0 Å². The smallest absolute Gasteiger partial charge is 0.133 e. The van der Waals surface area contributed by atoms with Crippen molar-refractivity contribution in [3.8, 4) is 6.07 Å². The van der Waals surface area contributed by atoms with E-state index in [0.717, 1.165) is 33.8 Å². The summed E-state index contributed by atoms with van der Waals surface area (Å²) in [4.78, 5) is 11.2. The highest BCUT2D eigenvalue weighted by Gasteiger charge is 2.38. The largest absolute Gasteiger partial charge is 0.496 e. The van der Waals surface area contributed by atoms with Crippen LogP contribution in [-0.2, 0) is 10.3 Å². The molecule has 1 saturated heterocycles. The van der Waals surface area contributed by atoms with E-state index in [1.54, 1.807) is 46.3 Å². The Kier molecular flexibility index (Phi) is 7.68. The summed E-state index contributed by atoms with van der Waals surface area (Å²) in [6.45, 7) is 8.94. The predicted octanol–water partition coefficient (Wildman–Crippen LogP) is 4.69. The van der Waals surface area contributed by atoms with Gasteiger partial charge < -0.3 is 19.8 Å². The maximum atomic E-state index is 11.7. The van der Waals surface area contributed by atoms with Crippen LogP contribution >= 0.6 is 0 Å². The summed E-state index contributed by atoms with van der Waals surface area (Å²) < 4.78 is 5.85. The van der Waals surface area contributed by atoms with Crippen molar-refractivity contribution in [1.29, 1.82) is 5.26 Å². The van der Waals surface area contributed by atoms with Gasteiger partial charge in [0.1, 0.15) is 11.6 Å². The molecule has 7 heteroatoms. The molecular formula is C31H34N4O3. The number of anilines is 1. The summed E-state index contributed by atoms with van der Waals surface area (Å²) in [6.07, 6.45) is 8.45. The standard InChI is InChI=1S/C31H34N4O3/c1-21(31(37)15-17-35(18-16-31)27-14-13-24(20-34-27)30(2,3)36)29(38-5)26-8-6-7-25(28(26)33-4)23-11-9-22(19-32)10-12-23/h6-14,20,36-37H,1,15-18H2,2-5H3/b29-26+,33-28?. The maximum Gasteiger partial charge on any atom is 0.133 e. The number of allylic oxidation sites excluding steroid dienone is 5. The number of methoxy groups -OCH3 is 1. The van der Waals surface area contributed by atoms with Crippen LogP contribution in [0.5, 0.6) is 0 Å². The van der Waals surface area contributed by atoms with Crippen molar-refractivity contribution in [2.24, 2.45) is 4.99 Å². The fraction of sp³-hybridized carbons (Fsp3) is 0.323. The molecule has 0 radical (unpaired) electrons. The SMILES string of the molecule is C=C(/C(OC)=C1/C=CC=C(c2ccc(C#N)cc2)C1=NC)C1(O)CCN(c2ccc(C(C)(C)O)cn2)CC1. The van der Waals surface area contributed by atoms with Crippen LogP contribution in [0, 0.1) is 11.3 Å². The number of hydrogen-bond acceptors (Lipinski definition) is 7. The van der Waals surface area contributed by atoms with Crippen molar-refractivity contribution in [1.82, 2.24) is 4.98 Å². The molecule has 0 saturated carbocycles. The number of piperidine rings is 1. The van der Waals surface area contributed by atoms with E-state index in [9.17, 15) is 10.2 Å². The zero-order valence-electron chi connectivity index (χ0n) is 22.4. The Bertz CT molecular complexity index is 1360. The molecule has 2 N–H and O–H groups in total. The number of rotatable bonds is 6. The van der Waals surface area contributed by atoms with E-state index in [4.69, 9.17) is 10.00 Å². The number of aliphatic imine (C=N–C) groups is 1. The average molecular weight is 511 g/mol. The van der Waals surface area contributed by atoms with Gasteiger partial charge in [0.25, 0.3) is 0 Å². The van der Waals surface area contributed by atoms with Crippen LogP contribution in [0.3, 0.4) is 0 Å². The van der Waals surface area contributed by atoms with E-state index in [0.29, 0.717) is 42.8 Å². The number of hydrogen-bond donors (Lipinski definition) is 2. The van der Waals surface area contributed by atoms with Crippen LogP contribution in [0.15, 0.2) is 89.3 Å². The topological polar surface area (TPSA) is 102 Å². The van der Waals surface area contributed by atoms with Crippen molar-refractivity contribution in [3.63, 3.8) is 0 Å². The van der Waals surface area contributed by atoms with Crippen LogP contribution in [0.25, 0.3) is 5.57 Å². The Morgan fingerprint density at radius 3 is 2.39 bits per heavy atom. The third-order valence-electron chi connectivity index (χ3n) is 7.24. The van der Waals surface area contributed by atoms with Crippen molar-refractivity contribution >= 4 is 17.1 Å². The highest BCUT2D eigenvalue weighted by Crippen LogP contribution is 2.38. The Morgan fingerprint density at radius 2 is 1.87 bits per heavy atom. The van der Waals surface area contributed by atoms with E-state index in [1.165, 1.54) is 0 Å². The lowest BCUT2D eigenvalue weighted by molar-refractivity contribution is 0.0479. The van der Waals surface area contributed by atoms with Gasteiger partial charge in [0.15, 0.2) is 0 Å². The average Bonchev–Trinajstić information content (AvgIpc) is 2.93. The minimum Gasteiger partial charge on any atom is -0.496 e. The first-order chi connectivity index (χ1) is 18.1. The molecule has 0 atom stereocenters. The Hall–Kier alpha value is -3.99. The Balaban J connectivity index is 1.55. The quantitative estimate of drug-likeness (QED) is 0.547. The maximum absolute atomic E-state index is 11.7. The zero-order valence-corrected chi connectivity index (χ0v) is 22.4. The lowest BCUT2D eigenvalue weighted by Crippen LogP contribution is -2.46. The summed E-state index contributed by atoms with van der Waals surface area (Å²) in [5.74, 6) is 1.31. The number of benzene rings is 1. The molecule has 38 heavy (non-hydrogen) atoms. The third kappa shape index (κ3) is 5.33. The van der Waals surface area contributed by atoms with Gasteiger partial charge in [0, 0.05) is 48.6 Å². The van der Waals surface area contributed by atoms with Crippen LogP contribution < -0.4 is 4.90 Å². The molecule has 0 bridgehead atoms. The van der Waals surface area contributed by atoms with Gasteiger partial charge in [0.2, 0.25) is 0 Å². The molecule has 2 aliphatic rings. The third-order valence-corrected chi connectivity index (χ3v) is 7.24. The number of aliphatic hydroxyl groups is 2. The minimum absolute atomic E-state index is 0.460. The molecule has 2 aromatic rings. The van der Waals surface area contributed by atoms with Gasteiger partial charge in [-0.25, -0.2) is 4.98 Å². The van der Waals surface area contributed by atoms with E-state index >= 15 is 0 Å². The van der Waals surface area contributed by atoms with Gasteiger partial charge in [-0.05, 0) is 56.5 Å². The molecule has 196 valence electrons. The molecule has 0 spiro atoms. The first kappa shape index (κ1) is 27.1. The van der Waals surface area contributed by atoms with Crippen LogP contribution in [0.4, 0.5) is 5.82 Å². The molecule has 2 heterocycles. The van der Waals surface area contributed by atoms with Gasteiger partial charge in [0.05, 0.1) is 35.7 Å². The summed E-state index contributed by atoms with van der Waals surface area (Å²) in [5.41, 5.74) is 3.09. The van der Waals surface area contributed by atoms with Gasteiger partial charge in [-0.3, -0.25) is 4.99 Å². The van der Waals surface area contributed by atoms with Crippen molar-refractivity contribution < 1.29 is 14.9 Å². The fourth-order valence-corrected chi connectivity index (χ4v) is 4.87. The Morgan fingerprint density at radius 1 is 1.18 bits per heavy atom. The van der Waals surface area contributed by atoms with Gasteiger partial charge in [-0.1, -0.05) is 36.9 Å². The second kappa shape index (κ2) is 10.8. The number of nitrogens with zero attached hydrogens (tertiary/aromatic N) is 4. The molecule has 7 nitrogen and oxygen atoms in total. The van der Waals surface area contributed by atoms with Crippen molar-refractivity contribution in [2.45, 2.75) is 37.9 Å². The van der Waals surface area contributed by atoms with Crippen molar-refractivity contribution in [2.75, 3.05) is 32.1 Å². The summed E-state index contributed by atoms with van der Waals surface area (Å²) in [7, 11) is 3.31. The number of pyridine rings is 1. The molecule has 1 aromatic carbocycles. The van der Waals surface area contributed by atoms with Gasteiger partial charge >= 0.3 is 0 Å². The number of nitriles is 1. The first-order valence-corrected chi connectivity index (χ1v) is 12.6. The number of ether oxygens (including phenoxy) is 1. The summed E-state index contributed by atoms with van der Waals surface area (Å²) >= 11 is 0. The molecule has 0 unspecified atom stereocenters. The minimum atomic E-state index is -1.15. The lowest BCUT2D eigenvalue weighted by Gasteiger charge is -2.40. The van der Waals surface area contributed by atoms with Crippen LogP contribution in [0.1, 0.15) is 43.4 Å². The van der Waals surface area contributed by atoms with E-state index < -0.39 is 11.2 Å². The van der Waals surface area contributed by atoms with Crippen LogP contribution in [-0.4, -0.2) is 53.8 Å². The summed E-state index contributed by atoms with van der Waals surface area (Å²) in [5, 5.41) is 31.0. The predicted molar refractivity (Wildman–Crippen MR) is 151 cm³/mol. The highest BCUT2D eigenvalue weighted by molar-refractivity contribution is 6.34. The molecule has 0 amide bonds. The fourth-order valence-electron chi connectivity index (χ4n) is 4.87. The Labute approximate surface area is 224 Å². The van der Waals surface area contributed by atoms with E-state index in [2.05, 4.69) is 27.5 Å². The normalized spacial score (nSPS) is 19.6. The van der Waals surface area contributed by atoms with Gasteiger partial charge in [-0.2, -0.15) is 5.26 Å². The first-order valence-electron chi connectivity index (χ1n) is 12.6. The highest BCUT2D eigenvalue weighted by atomic mass is 16.5. The van der Waals surface area contributed by atoms with Crippen LogP contribution in [0.2, 0.25) is 0 Å². The van der Waals surface area contributed by atoms with E-state index in [1.807, 2.05) is 42.5 Å². The zero-order chi connectivity index (χ0) is 27.5. The second-order valence-electron chi connectivity index (χ2n) is 10.1. The van der Waals surface area contributed by atoms with Gasteiger partial charge in [-0.15, -0.1) is 0 Å². The lowest BCUT2D eigenvalue weighted by atomic mass is 9.81. The second-order valence-corrected chi connectivity index (χ2v) is 10.1. The number of aromatic nitrogens is 1. The monoisotopic (exact) mass is 510 g/mol.